The molecule has 1 aliphatic carbocycles. The van der Waals surface area contributed by atoms with Crippen molar-refractivity contribution in [3.63, 3.8) is 0 Å². The van der Waals surface area contributed by atoms with Gasteiger partial charge in [-0.05, 0) is 45.2 Å². The standard InChI is InChI=1S/C17H29N5O2.ClH/c23-17(19-9-4-12-24-15-5-2-1-3-6-15)16-13-22(21-20-16)14-7-10-18-11-8-14;/h13-15,18H,1-12H2,(H,19,23);1H. The van der Waals surface area contributed by atoms with Gasteiger partial charge in [-0.2, -0.15) is 0 Å². The Bertz CT molecular complexity index is 513. The second kappa shape index (κ2) is 10.7. The molecule has 142 valence electrons. The minimum Gasteiger partial charge on any atom is -0.378 e. The topological polar surface area (TPSA) is 81.1 Å². The van der Waals surface area contributed by atoms with Crippen LogP contribution < -0.4 is 10.6 Å². The maximum absolute atomic E-state index is 12.1. The minimum atomic E-state index is -0.146. The summed E-state index contributed by atoms with van der Waals surface area (Å²) in [5.74, 6) is -0.146. The molecule has 1 aromatic heterocycles. The van der Waals surface area contributed by atoms with Gasteiger partial charge in [-0.1, -0.05) is 24.5 Å². The number of nitrogens with zero attached hydrogens (tertiary/aromatic N) is 3. The summed E-state index contributed by atoms with van der Waals surface area (Å²) in [7, 11) is 0. The van der Waals surface area contributed by atoms with E-state index in [1.807, 2.05) is 4.68 Å². The molecule has 0 spiro atoms. The van der Waals surface area contributed by atoms with Gasteiger partial charge in [0, 0.05) is 13.2 Å². The molecule has 1 saturated heterocycles. The largest absolute Gasteiger partial charge is 0.378 e. The molecule has 0 aromatic carbocycles. The Morgan fingerprint density at radius 2 is 2.00 bits per heavy atom. The number of ether oxygens (including phenoxy) is 1. The third-order valence-electron chi connectivity index (χ3n) is 4.94. The van der Waals surface area contributed by atoms with Crippen molar-refractivity contribution in [1.82, 2.24) is 25.6 Å². The van der Waals surface area contributed by atoms with Gasteiger partial charge in [0.1, 0.15) is 0 Å². The Labute approximate surface area is 155 Å². The SMILES string of the molecule is Cl.O=C(NCCCOC1CCCCC1)c1cn(C2CCNCC2)nn1. The highest BCUT2D eigenvalue weighted by Crippen LogP contribution is 2.20. The summed E-state index contributed by atoms with van der Waals surface area (Å²) >= 11 is 0. The first-order valence-corrected chi connectivity index (χ1v) is 9.35. The van der Waals surface area contributed by atoms with Crippen LogP contribution in [0.15, 0.2) is 6.20 Å². The summed E-state index contributed by atoms with van der Waals surface area (Å²) < 4.78 is 7.70. The van der Waals surface area contributed by atoms with Gasteiger partial charge in [0.2, 0.25) is 0 Å². The average Bonchev–Trinajstić information content (AvgIpc) is 3.13. The number of hydrogen-bond donors (Lipinski definition) is 2. The van der Waals surface area contributed by atoms with E-state index in [0.29, 0.717) is 31.0 Å². The zero-order chi connectivity index (χ0) is 16.6. The minimum absolute atomic E-state index is 0. The van der Waals surface area contributed by atoms with Gasteiger partial charge in [0.25, 0.3) is 5.91 Å². The lowest BCUT2D eigenvalue weighted by atomic mass is 9.98. The molecule has 0 bridgehead atoms. The second-order valence-corrected chi connectivity index (χ2v) is 6.81. The van der Waals surface area contributed by atoms with Crippen LogP contribution >= 0.6 is 12.4 Å². The first-order valence-electron chi connectivity index (χ1n) is 9.35. The number of carbonyl (C=O) groups excluding carboxylic acids is 1. The lowest BCUT2D eigenvalue weighted by molar-refractivity contribution is 0.0273. The van der Waals surface area contributed by atoms with Crippen LogP contribution in [0.4, 0.5) is 0 Å². The first kappa shape index (κ1) is 20.1. The molecular formula is C17H30ClN5O2. The quantitative estimate of drug-likeness (QED) is 0.717. The molecule has 1 aromatic rings. The number of halogens is 1. The van der Waals surface area contributed by atoms with Gasteiger partial charge in [-0.15, -0.1) is 17.5 Å². The highest BCUT2D eigenvalue weighted by atomic mass is 35.5. The van der Waals surface area contributed by atoms with Crippen LogP contribution in [0.1, 0.15) is 67.9 Å². The molecule has 0 unspecified atom stereocenters. The molecular weight excluding hydrogens is 342 g/mol. The van der Waals surface area contributed by atoms with Gasteiger partial charge in [0.15, 0.2) is 5.69 Å². The summed E-state index contributed by atoms with van der Waals surface area (Å²) in [4.78, 5) is 12.1. The Hall–Kier alpha value is -1.18. The summed E-state index contributed by atoms with van der Waals surface area (Å²) in [6.07, 6.45) is 11.4. The number of nitrogens with one attached hydrogen (secondary N) is 2. The van der Waals surface area contributed by atoms with E-state index in [4.69, 9.17) is 4.74 Å². The van der Waals surface area contributed by atoms with E-state index >= 15 is 0 Å². The molecule has 7 nitrogen and oxygen atoms in total. The maximum atomic E-state index is 12.1. The predicted octanol–water partition coefficient (Wildman–Crippen LogP) is 2.09. The van der Waals surface area contributed by atoms with Crippen LogP contribution in [-0.4, -0.2) is 53.2 Å². The molecule has 2 aliphatic rings. The van der Waals surface area contributed by atoms with E-state index in [9.17, 15) is 4.79 Å². The molecule has 3 rings (SSSR count). The van der Waals surface area contributed by atoms with Crippen LogP contribution in [0.5, 0.6) is 0 Å². The summed E-state index contributed by atoms with van der Waals surface area (Å²) in [5, 5.41) is 14.4. The van der Waals surface area contributed by atoms with Gasteiger partial charge in [-0.25, -0.2) is 4.68 Å². The summed E-state index contributed by atoms with van der Waals surface area (Å²) in [5.41, 5.74) is 0.404. The van der Waals surface area contributed by atoms with E-state index in [1.54, 1.807) is 6.20 Å². The van der Waals surface area contributed by atoms with Crippen molar-refractivity contribution in [2.45, 2.75) is 63.5 Å². The Morgan fingerprint density at radius 1 is 1.24 bits per heavy atom. The monoisotopic (exact) mass is 371 g/mol. The van der Waals surface area contributed by atoms with Crippen LogP contribution in [-0.2, 0) is 4.74 Å². The normalized spacial score (nSPS) is 19.4. The molecule has 8 heteroatoms. The third-order valence-corrected chi connectivity index (χ3v) is 4.94. The lowest BCUT2D eigenvalue weighted by Gasteiger charge is -2.22. The fourth-order valence-corrected chi connectivity index (χ4v) is 3.48. The summed E-state index contributed by atoms with van der Waals surface area (Å²) in [6, 6.07) is 0.351. The van der Waals surface area contributed by atoms with E-state index in [-0.39, 0.29) is 18.3 Å². The van der Waals surface area contributed by atoms with Crippen molar-refractivity contribution in [3.05, 3.63) is 11.9 Å². The molecule has 2 heterocycles. The number of rotatable bonds is 7. The maximum Gasteiger partial charge on any atom is 0.273 e. The van der Waals surface area contributed by atoms with Crippen molar-refractivity contribution in [2.24, 2.45) is 0 Å². The van der Waals surface area contributed by atoms with E-state index < -0.39 is 0 Å². The van der Waals surface area contributed by atoms with Gasteiger partial charge >= 0.3 is 0 Å². The molecule has 2 fully saturated rings. The van der Waals surface area contributed by atoms with Gasteiger partial charge in [-0.3, -0.25) is 4.79 Å². The van der Waals surface area contributed by atoms with Crippen LogP contribution in [0.2, 0.25) is 0 Å². The Balaban J connectivity index is 0.00000225. The van der Waals surface area contributed by atoms with Crippen LogP contribution in [0, 0.1) is 0 Å². The molecule has 1 amide bonds. The number of piperidine rings is 1. The molecule has 0 radical (unpaired) electrons. The van der Waals surface area contributed by atoms with Crippen molar-refractivity contribution in [3.8, 4) is 0 Å². The molecule has 1 aliphatic heterocycles. The van der Waals surface area contributed by atoms with Crippen LogP contribution in [0.25, 0.3) is 0 Å². The fourth-order valence-electron chi connectivity index (χ4n) is 3.48. The van der Waals surface area contributed by atoms with Crippen molar-refractivity contribution < 1.29 is 9.53 Å². The number of amides is 1. The predicted molar refractivity (Wildman–Crippen MR) is 98.2 cm³/mol. The zero-order valence-corrected chi connectivity index (χ0v) is 15.6. The average molecular weight is 372 g/mol. The van der Waals surface area contributed by atoms with Crippen molar-refractivity contribution in [2.75, 3.05) is 26.2 Å². The molecule has 0 atom stereocenters. The molecule has 2 N–H and O–H groups in total. The smallest absolute Gasteiger partial charge is 0.273 e. The Kier molecular flexibility index (Phi) is 8.64. The molecule has 1 saturated carbocycles. The first-order chi connectivity index (χ1) is 11.8. The van der Waals surface area contributed by atoms with Crippen molar-refractivity contribution >= 4 is 18.3 Å². The molecule has 25 heavy (non-hydrogen) atoms. The highest BCUT2D eigenvalue weighted by Gasteiger charge is 2.18. The number of aromatic nitrogens is 3. The van der Waals surface area contributed by atoms with E-state index in [1.165, 1.54) is 32.1 Å². The summed E-state index contributed by atoms with van der Waals surface area (Å²) in [6.45, 7) is 3.32. The van der Waals surface area contributed by atoms with Gasteiger partial charge < -0.3 is 15.4 Å². The Morgan fingerprint density at radius 3 is 2.76 bits per heavy atom. The van der Waals surface area contributed by atoms with Gasteiger partial charge in [0.05, 0.1) is 18.3 Å². The highest BCUT2D eigenvalue weighted by molar-refractivity contribution is 5.91. The van der Waals surface area contributed by atoms with Crippen molar-refractivity contribution in [1.29, 1.82) is 0 Å². The number of carbonyl (C=O) groups is 1. The third kappa shape index (κ3) is 6.24. The zero-order valence-electron chi connectivity index (χ0n) is 14.8. The number of hydrogen-bond acceptors (Lipinski definition) is 5. The van der Waals surface area contributed by atoms with Crippen LogP contribution in [0.3, 0.4) is 0 Å². The van der Waals surface area contributed by atoms with E-state index in [0.717, 1.165) is 32.4 Å². The second-order valence-electron chi connectivity index (χ2n) is 6.81. The fraction of sp³-hybridized carbons (Fsp3) is 0.824. The lowest BCUT2D eigenvalue weighted by Crippen LogP contribution is -2.29. The van der Waals surface area contributed by atoms with E-state index in [2.05, 4.69) is 20.9 Å².